The van der Waals surface area contributed by atoms with Gasteiger partial charge in [0.1, 0.15) is 0 Å². The van der Waals surface area contributed by atoms with Crippen LogP contribution in [0, 0.1) is 5.92 Å². The van der Waals surface area contributed by atoms with Crippen LogP contribution in [0.5, 0.6) is 0 Å². The summed E-state index contributed by atoms with van der Waals surface area (Å²) in [4.78, 5) is 11.1. The number of hydrogen-bond donors (Lipinski definition) is 2. The van der Waals surface area contributed by atoms with Crippen molar-refractivity contribution in [3.05, 3.63) is 0 Å². The molecule has 0 unspecified atom stereocenters. The molecule has 1 aliphatic carbocycles. The Morgan fingerprint density at radius 2 is 1.92 bits per heavy atom. The predicted octanol–water partition coefficient (Wildman–Crippen LogP) is 1.03. The number of carbonyl (C=O) groups is 1. The average molecular weight is 184 g/mol. The second-order valence-electron chi connectivity index (χ2n) is 4.27. The van der Waals surface area contributed by atoms with E-state index in [1.807, 2.05) is 13.8 Å². The van der Waals surface area contributed by atoms with Crippen molar-refractivity contribution in [1.29, 1.82) is 0 Å². The first kappa shape index (κ1) is 10.5. The van der Waals surface area contributed by atoms with Crippen molar-refractivity contribution in [2.24, 2.45) is 11.7 Å². The van der Waals surface area contributed by atoms with Crippen molar-refractivity contribution in [1.82, 2.24) is 5.32 Å². The maximum atomic E-state index is 11.1. The van der Waals surface area contributed by atoms with E-state index in [4.69, 9.17) is 5.73 Å². The standard InChI is InChI=1S/C10H20N2O/c1-7(2)9(10(11)13)12-8-5-3-4-6-8/h7-9,12H,3-6H2,1-2H3,(H2,11,13)/t9-/m0/s1. The van der Waals surface area contributed by atoms with Gasteiger partial charge in [0.2, 0.25) is 5.91 Å². The van der Waals surface area contributed by atoms with Crippen molar-refractivity contribution in [2.45, 2.75) is 51.6 Å². The normalized spacial score (nSPS) is 20.8. The van der Waals surface area contributed by atoms with E-state index in [-0.39, 0.29) is 17.9 Å². The summed E-state index contributed by atoms with van der Waals surface area (Å²) in [5.41, 5.74) is 5.31. The highest BCUT2D eigenvalue weighted by atomic mass is 16.1. The maximum absolute atomic E-state index is 11.1. The summed E-state index contributed by atoms with van der Waals surface area (Å²) < 4.78 is 0. The minimum Gasteiger partial charge on any atom is -0.368 e. The van der Waals surface area contributed by atoms with Gasteiger partial charge in [0.15, 0.2) is 0 Å². The molecule has 1 amide bonds. The number of amides is 1. The maximum Gasteiger partial charge on any atom is 0.234 e. The Kier molecular flexibility index (Phi) is 3.72. The fraction of sp³-hybridized carbons (Fsp3) is 0.900. The monoisotopic (exact) mass is 184 g/mol. The molecule has 0 radical (unpaired) electrons. The molecule has 1 rings (SSSR count). The van der Waals surface area contributed by atoms with E-state index in [9.17, 15) is 4.79 Å². The summed E-state index contributed by atoms with van der Waals surface area (Å²) in [6, 6.07) is 0.364. The smallest absolute Gasteiger partial charge is 0.234 e. The minimum absolute atomic E-state index is 0.150. The van der Waals surface area contributed by atoms with Gasteiger partial charge in [-0.25, -0.2) is 0 Å². The van der Waals surface area contributed by atoms with Crippen LogP contribution in [0.3, 0.4) is 0 Å². The number of primary amides is 1. The van der Waals surface area contributed by atoms with Crippen LogP contribution in [0.1, 0.15) is 39.5 Å². The van der Waals surface area contributed by atoms with E-state index in [0.717, 1.165) is 0 Å². The molecule has 1 atom stereocenters. The van der Waals surface area contributed by atoms with Crippen molar-refractivity contribution >= 4 is 5.91 Å². The molecule has 13 heavy (non-hydrogen) atoms. The van der Waals surface area contributed by atoms with E-state index in [2.05, 4.69) is 5.32 Å². The number of rotatable bonds is 4. The van der Waals surface area contributed by atoms with Crippen LogP contribution in [0.25, 0.3) is 0 Å². The molecule has 0 saturated heterocycles. The fourth-order valence-corrected chi connectivity index (χ4v) is 1.95. The van der Waals surface area contributed by atoms with Crippen LogP contribution in [0.15, 0.2) is 0 Å². The lowest BCUT2D eigenvalue weighted by Gasteiger charge is -2.23. The molecule has 3 heteroatoms. The quantitative estimate of drug-likeness (QED) is 0.685. The van der Waals surface area contributed by atoms with Crippen molar-refractivity contribution in [2.75, 3.05) is 0 Å². The molecule has 76 valence electrons. The zero-order valence-corrected chi connectivity index (χ0v) is 8.55. The number of carbonyl (C=O) groups excluding carboxylic acids is 1. The largest absolute Gasteiger partial charge is 0.368 e. The molecule has 0 bridgehead atoms. The first-order valence-electron chi connectivity index (χ1n) is 5.16. The number of hydrogen-bond acceptors (Lipinski definition) is 2. The van der Waals surface area contributed by atoms with E-state index in [0.29, 0.717) is 6.04 Å². The summed E-state index contributed by atoms with van der Waals surface area (Å²) in [5, 5.41) is 3.34. The van der Waals surface area contributed by atoms with Gasteiger partial charge in [0.05, 0.1) is 6.04 Å². The van der Waals surface area contributed by atoms with Crippen molar-refractivity contribution in [3.63, 3.8) is 0 Å². The van der Waals surface area contributed by atoms with Gasteiger partial charge < -0.3 is 11.1 Å². The molecule has 0 aromatic heterocycles. The van der Waals surface area contributed by atoms with E-state index in [1.165, 1.54) is 25.7 Å². The lowest BCUT2D eigenvalue weighted by molar-refractivity contribution is -0.121. The fourth-order valence-electron chi connectivity index (χ4n) is 1.95. The van der Waals surface area contributed by atoms with Crippen molar-refractivity contribution in [3.8, 4) is 0 Å². The molecule has 0 spiro atoms. The van der Waals surface area contributed by atoms with E-state index < -0.39 is 0 Å². The average Bonchev–Trinajstić information content (AvgIpc) is 2.50. The lowest BCUT2D eigenvalue weighted by atomic mass is 10.0. The molecular weight excluding hydrogens is 164 g/mol. The van der Waals surface area contributed by atoms with E-state index in [1.54, 1.807) is 0 Å². The van der Waals surface area contributed by atoms with Gasteiger partial charge in [0.25, 0.3) is 0 Å². The first-order chi connectivity index (χ1) is 6.11. The van der Waals surface area contributed by atoms with Gasteiger partial charge in [0, 0.05) is 6.04 Å². The van der Waals surface area contributed by atoms with Gasteiger partial charge >= 0.3 is 0 Å². The van der Waals surface area contributed by atoms with Crippen LogP contribution in [-0.4, -0.2) is 18.0 Å². The molecule has 0 aromatic rings. The molecule has 3 N–H and O–H groups in total. The van der Waals surface area contributed by atoms with Crippen LogP contribution in [0.4, 0.5) is 0 Å². The number of nitrogens with two attached hydrogens (primary N) is 1. The Bertz CT molecular complexity index is 174. The van der Waals surface area contributed by atoms with Gasteiger partial charge in [-0.2, -0.15) is 0 Å². The third-order valence-corrected chi connectivity index (χ3v) is 2.74. The third-order valence-electron chi connectivity index (χ3n) is 2.74. The molecule has 0 aromatic carbocycles. The Hall–Kier alpha value is -0.570. The summed E-state index contributed by atoms with van der Waals surface area (Å²) in [5.74, 6) is 0.0694. The Labute approximate surface area is 80.1 Å². The highest BCUT2D eigenvalue weighted by molar-refractivity contribution is 5.80. The molecule has 0 aliphatic heterocycles. The van der Waals surface area contributed by atoms with Gasteiger partial charge in [-0.3, -0.25) is 4.79 Å². The van der Waals surface area contributed by atoms with Crippen LogP contribution in [0.2, 0.25) is 0 Å². The highest BCUT2D eigenvalue weighted by Crippen LogP contribution is 2.19. The SMILES string of the molecule is CC(C)[C@H](NC1CCCC1)C(N)=O. The zero-order valence-electron chi connectivity index (χ0n) is 8.55. The molecular formula is C10H20N2O. The van der Waals surface area contributed by atoms with Gasteiger partial charge in [-0.1, -0.05) is 26.7 Å². The topological polar surface area (TPSA) is 55.1 Å². The van der Waals surface area contributed by atoms with E-state index >= 15 is 0 Å². The minimum atomic E-state index is -0.220. The summed E-state index contributed by atoms with van der Waals surface area (Å²) in [6.07, 6.45) is 4.94. The Balaban J connectivity index is 2.41. The predicted molar refractivity (Wildman–Crippen MR) is 53.2 cm³/mol. The Morgan fingerprint density at radius 1 is 1.38 bits per heavy atom. The highest BCUT2D eigenvalue weighted by Gasteiger charge is 2.24. The molecule has 1 aliphatic rings. The lowest BCUT2D eigenvalue weighted by Crippen LogP contribution is -2.48. The second kappa shape index (κ2) is 4.61. The first-order valence-corrected chi connectivity index (χ1v) is 5.16. The van der Waals surface area contributed by atoms with Crippen LogP contribution >= 0.6 is 0 Å². The molecule has 1 saturated carbocycles. The number of nitrogens with one attached hydrogen (secondary N) is 1. The van der Waals surface area contributed by atoms with Crippen LogP contribution in [-0.2, 0) is 4.79 Å². The summed E-state index contributed by atoms with van der Waals surface area (Å²) in [7, 11) is 0. The van der Waals surface area contributed by atoms with Gasteiger partial charge in [-0.15, -0.1) is 0 Å². The zero-order chi connectivity index (χ0) is 9.84. The van der Waals surface area contributed by atoms with Crippen LogP contribution < -0.4 is 11.1 Å². The molecule has 0 heterocycles. The molecule has 3 nitrogen and oxygen atoms in total. The van der Waals surface area contributed by atoms with Gasteiger partial charge in [-0.05, 0) is 18.8 Å². The second-order valence-corrected chi connectivity index (χ2v) is 4.27. The summed E-state index contributed by atoms with van der Waals surface area (Å²) in [6.45, 7) is 4.05. The molecule has 1 fully saturated rings. The summed E-state index contributed by atoms with van der Waals surface area (Å²) >= 11 is 0. The Morgan fingerprint density at radius 3 is 2.31 bits per heavy atom. The van der Waals surface area contributed by atoms with Crippen molar-refractivity contribution < 1.29 is 4.79 Å². The third kappa shape index (κ3) is 2.99.